The number of hydrogen-bond acceptors (Lipinski definition) is 3. The van der Waals surface area contributed by atoms with Gasteiger partial charge in [0.1, 0.15) is 5.82 Å². The molecule has 0 saturated heterocycles. The summed E-state index contributed by atoms with van der Waals surface area (Å²) in [5.74, 6) is 1.34. The first kappa shape index (κ1) is 12.1. The van der Waals surface area contributed by atoms with Crippen LogP contribution in [-0.4, -0.2) is 33.4 Å². The normalized spacial score (nSPS) is 17.1. The molecule has 1 unspecified atom stereocenters. The van der Waals surface area contributed by atoms with E-state index < -0.39 is 0 Å². The van der Waals surface area contributed by atoms with Crippen LogP contribution in [0.3, 0.4) is 0 Å². The molecule has 0 bridgehead atoms. The number of aromatic nitrogens is 2. The molecule has 0 fully saturated rings. The van der Waals surface area contributed by atoms with Crippen molar-refractivity contribution in [2.75, 3.05) is 13.1 Å². The Balaban J connectivity index is 2.07. The topological polar surface area (TPSA) is 64.2 Å². The second-order valence-corrected chi connectivity index (χ2v) is 4.88. The number of rotatable bonds is 3. The molecule has 0 saturated carbocycles. The first-order valence-corrected chi connectivity index (χ1v) is 6.12. The van der Waals surface area contributed by atoms with Gasteiger partial charge in [-0.2, -0.15) is 0 Å². The van der Waals surface area contributed by atoms with Gasteiger partial charge in [-0.1, -0.05) is 13.8 Å². The molecule has 2 rings (SSSR count). The van der Waals surface area contributed by atoms with Gasteiger partial charge >= 0.3 is 0 Å². The summed E-state index contributed by atoms with van der Waals surface area (Å²) in [5, 5.41) is 0. The molecular formula is C12H20N4O. The highest BCUT2D eigenvalue weighted by Crippen LogP contribution is 2.17. The van der Waals surface area contributed by atoms with Gasteiger partial charge in [-0.05, 0) is 5.92 Å². The summed E-state index contributed by atoms with van der Waals surface area (Å²) in [6.07, 6.45) is 3.74. The van der Waals surface area contributed by atoms with Crippen molar-refractivity contribution in [1.82, 2.24) is 14.5 Å². The molecule has 1 aromatic heterocycles. The number of nitrogens with two attached hydrogens (primary N) is 1. The Kier molecular flexibility index (Phi) is 3.47. The molecule has 0 radical (unpaired) electrons. The number of imidazole rings is 1. The minimum absolute atomic E-state index is 0.0727. The van der Waals surface area contributed by atoms with Gasteiger partial charge in [-0.3, -0.25) is 4.79 Å². The van der Waals surface area contributed by atoms with E-state index in [4.69, 9.17) is 5.73 Å². The summed E-state index contributed by atoms with van der Waals surface area (Å²) >= 11 is 0. The van der Waals surface area contributed by atoms with E-state index in [1.165, 1.54) is 0 Å². The van der Waals surface area contributed by atoms with Gasteiger partial charge in [0.25, 0.3) is 0 Å². The molecule has 0 spiro atoms. The summed E-state index contributed by atoms with van der Waals surface area (Å²) in [7, 11) is 0. The fourth-order valence-corrected chi connectivity index (χ4v) is 2.25. The Hall–Kier alpha value is -1.36. The van der Waals surface area contributed by atoms with Gasteiger partial charge in [-0.15, -0.1) is 0 Å². The van der Waals surface area contributed by atoms with E-state index in [9.17, 15) is 4.79 Å². The zero-order chi connectivity index (χ0) is 12.4. The van der Waals surface area contributed by atoms with Crippen molar-refractivity contribution in [2.45, 2.75) is 26.9 Å². The molecule has 5 nitrogen and oxygen atoms in total. The fraction of sp³-hybridized carbons (Fsp3) is 0.667. The summed E-state index contributed by atoms with van der Waals surface area (Å²) in [4.78, 5) is 18.4. The number of carbonyl (C=O) groups excluding carboxylic acids is 1. The summed E-state index contributed by atoms with van der Waals surface area (Å²) in [6.45, 7) is 6.69. The molecule has 1 aromatic rings. The van der Waals surface area contributed by atoms with E-state index in [1.807, 2.05) is 24.9 Å². The Morgan fingerprint density at radius 3 is 2.94 bits per heavy atom. The van der Waals surface area contributed by atoms with Crippen molar-refractivity contribution in [3.05, 3.63) is 18.2 Å². The highest BCUT2D eigenvalue weighted by atomic mass is 16.2. The Morgan fingerprint density at radius 2 is 2.29 bits per heavy atom. The third-order valence-electron chi connectivity index (χ3n) is 3.43. The SMILES string of the molecule is CC(C)C(CN)C(=O)N1CCn2ccnc2C1. The van der Waals surface area contributed by atoms with Gasteiger partial charge in [0.2, 0.25) is 5.91 Å². The molecule has 1 amide bonds. The quantitative estimate of drug-likeness (QED) is 0.829. The van der Waals surface area contributed by atoms with Crippen LogP contribution in [0.2, 0.25) is 0 Å². The second-order valence-electron chi connectivity index (χ2n) is 4.88. The molecule has 2 N–H and O–H groups in total. The molecule has 0 aliphatic carbocycles. The van der Waals surface area contributed by atoms with E-state index in [-0.39, 0.29) is 17.7 Å². The molecule has 17 heavy (non-hydrogen) atoms. The van der Waals surface area contributed by atoms with E-state index >= 15 is 0 Å². The van der Waals surface area contributed by atoms with Crippen LogP contribution < -0.4 is 5.73 Å². The lowest BCUT2D eigenvalue weighted by Gasteiger charge is -2.31. The fourth-order valence-electron chi connectivity index (χ4n) is 2.25. The first-order chi connectivity index (χ1) is 8.13. The lowest BCUT2D eigenvalue weighted by molar-refractivity contribution is -0.138. The third-order valence-corrected chi connectivity index (χ3v) is 3.43. The van der Waals surface area contributed by atoms with Crippen molar-refractivity contribution in [1.29, 1.82) is 0 Å². The molecule has 5 heteroatoms. The largest absolute Gasteiger partial charge is 0.333 e. The van der Waals surface area contributed by atoms with E-state index in [0.29, 0.717) is 13.1 Å². The van der Waals surface area contributed by atoms with Gasteiger partial charge < -0.3 is 15.2 Å². The van der Waals surface area contributed by atoms with Crippen LogP contribution in [0.1, 0.15) is 19.7 Å². The first-order valence-electron chi connectivity index (χ1n) is 6.12. The van der Waals surface area contributed by atoms with Crippen LogP contribution in [0.25, 0.3) is 0 Å². The molecule has 2 heterocycles. The van der Waals surface area contributed by atoms with Crippen LogP contribution in [0, 0.1) is 11.8 Å². The smallest absolute Gasteiger partial charge is 0.227 e. The molecule has 1 aliphatic heterocycles. The molecule has 1 aliphatic rings. The van der Waals surface area contributed by atoms with Crippen LogP contribution in [0.15, 0.2) is 12.4 Å². The van der Waals surface area contributed by atoms with Crippen LogP contribution in [0.4, 0.5) is 0 Å². The predicted molar refractivity (Wildman–Crippen MR) is 65.0 cm³/mol. The third kappa shape index (κ3) is 2.34. The van der Waals surface area contributed by atoms with Crippen molar-refractivity contribution in [2.24, 2.45) is 17.6 Å². The van der Waals surface area contributed by atoms with Crippen molar-refractivity contribution in [3.63, 3.8) is 0 Å². The number of carbonyl (C=O) groups is 1. The van der Waals surface area contributed by atoms with Crippen LogP contribution in [-0.2, 0) is 17.9 Å². The maximum absolute atomic E-state index is 12.3. The molecule has 94 valence electrons. The zero-order valence-corrected chi connectivity index (χ0v) is 10.5. The summed E-state index contributed by atoms with van der Waals surface area (Å²) in [6, 6.07) is 0. The summed E-state index contributed by atoms with van der Waals surface area (Å²) < 4.78 is 2.09. The molecule has 0 aromatic carbocycles. The predicted octanol–water partition coefficient (Wildman–Crippen LogP) is 0.456. The molecule has 1 atom stereocenters. The number of nitrogens with zero attached hydrogens (tertiary/aromatic N) is 3. The standard InChI is InChI=1S/C12H20N4O/c1-9(2)10(7-13)12(17)16-6-5-15-4-3-14-11(15)8-16/h3-4,9-10H,5-8,13H2,1-2H3. The van der Waals surface area contributed by atoms with E-state index in [0.717, 1.165) is 18.9 Å². The van der Waals surface area contributed by atoms with Crippen LogP contribution >= 0.6 is 0 Å². The average Bonchev–Trinajstić information content (AvgIpc) is 2.75. The highest BCUT2D eigenvalue weighted by molar-refractivity contribution is 5.79. The number of hydrogen-bond donors (Lipinski definition) is 1. The minimum Gasteiger partial charge on any atom is -0.333 e. The Labute approximate surface area is 102 Å². The van der Waals surface area contributed by atoms with Gasteiger partial charge in [0.15, 0.2) is 0 Å². The maximum Gasteiger partial charge on any atom is 0.227 e. The van der Waals surface area contributed by atoms with Crippen molar-refractivity contribution >= 4 is 5.91 Å². The summed E-state index contributed by atoms with van der Waals surface area (Å²) in [5.41, 5.74) is 5.69. The van der Waals surface area contributed by atoms with Gasteiger partial charge in [-0.25, -0.2) is 4.98 Å². The van der Waals surface area contributed by atoms with Gasteiger partial charge in [0.05, 0.1) is 12.5 Å². The average molecular weight is 236 g/mol. The lowest BCUT2D eigenvalue weighted by atomic mass is 9.94. The monoisotopic (exact) mass is 236 g/mol. The maximum atomic E-state index is 12.3. The second kappa shape index (κ2) is 4.87. The van der Waals surface area contributed by atoms with Gasteiger partial charge in [0, 0.05) is 32.0 Å². The van der Waals surface area contributed by atoms with Crippen molar-refractivity contribution in [3.8, 4) is 0 Å². The minimum atomic E-state index is -0.0727. The van der Waals surface area contributed by atoms with E-state index in [2.05, 4.69) is 9.55 Å². The highest BCUT2D eigenvalue weighted by Gasteiger charge is 2.28. The Morgan fingerprint density at radius 1 is 1.53 bits per heavy atom. The lowest BCUT2D eigenvalue weighted by Crippen LogP contribution is -2.44. The van der Waals surface area contributed by atoms with E-state index in [1.54, 1.807) is 6.20 Å². The number of fused-ring (bicyclic) bond motifs is 1. The number of amides is 1. The van der Waals surface area contributed by atoms with Crippen LogP contribution in [0.5, 0.6) is 0 Å². The molecular weight excluding hydrogens is 216 g/mol. The van der Waals surface area contributed by atoms with Crippen molar-refractivity contribution < 1.29 is 4.79 Å². The zero-order valence-electron chi connectivity index (χ0n) is 10.5. The Bertz CT molecular complexity index is 399.